The molecule has 27 heavy (non-hydrogen) atoms. The van der Waals surface area contributed by atoms with Crippen LogP contribution in [-0.4, -0.2) is 29.2 Å². The number of benzene rings is 2. The second-order valence-corrected chi connectivity index (χ2v) is 6.49. The Morgan fingerprint density at radius 3 is 2.11 bits per heavy atom. The molecule has 1 fully saturated rings. The lowest BCUT2D eigenvalue weighted by molar-refractivity contribution is 0.102. The molecule has 3 aromatic rings. The predicted molar refractivity (Wildman–Crippen MR) is 108 cm³/mol. The van der Waals surface area contributed by atoms with E-state index >= 15 is 0 Å². The Balaban J connectivity index is 1.37. The Kier molecular flexibility index (Phi) is 4.96. The Bertz CT molecular complexity index is 888. The van der Waals surface area contributed by atoms with Crippen LogP contribution in [0.3, 0.4) is 0 Å². The highest BCUT2D eigenvalue weighted by Crippen LogP contribution is 2.20. The summed E-state index contributed by atoms with van der Waals surface area (Å²) in [7, 11) is 0. The lowest BCUT2D eigenvalue weighted by Crippen LogP contribution is -2.21. The third kappa shape index (κ3) is 4.23. The van der Waals surface area contributed by atoms with E-state index < -0.39 is 0 Å². The summed E-state index contributed by atoms with van der Waals surface area (Å²) in [5.74, 6) is 0.569. The molecule has 1 aliphatic rings. The van der Waals surface area contributed by atoms with E-state index in [1.54, 1.807) is 6.07 Å². The van der Waals surface area contributed by atoms with Gasteiger partial charge in [0.25, 0.3) is 5.91 Å². The second kappa shape index (κ2) is 7.86. The first-order chi connectivity index (χ1) is 13.3. The molecule has 0 bridgehead atoms. The molecule has 1 saturated heterocycles. The van der Waals surface area contributed by atoms with Crippen LogP contribution in [0, 0.1) is 0 Å². The number of carbonyl (C=O) groups is 1. The Morgan fingerprint density at radius 2 is 1.44 bits per heavy atom. The molecule has 0 radical (unpaired) electrons. The van der Waals surface area contributed by atoms with Gasteiger partial charge in [-0.2, -0.15) is 0 Å². The minimum atomic E-state index is -0.265. The van der Waals surface area contributed by atoms with E-state index in [2.05, 4.69) is 25.7 Å². The van der Waals surface area contributed by atoms with E-state index in [4.69, 9.17) is 0 Å². The molecule has 0 saturated carbocycles. The number of anilines is 4. The molecule has 1 amide bonds. The molecule has 6 nitrogen and oxygen atoms in total. The molecule has 1 aromatic heterocycles. The van der Waals surface area contributed by atoms with Gasteiger partial charge >= 0.3 is 0 Å². The van der Waals surface area contributed by atoms with Gasteiger partial charge in [-0.05, 0) is 61.4 Å². The van der Waals surface area contributed by atoms with Crippen molar-refractivity contribution in [3.8, 4) is 0 Å². The van der Waals surface area contributed by atoms with Crippen LogP contribution in [0.4, 0.5) is 22.9 Å². The summed E-state index contributed by atoms with van der Waals surface area (Å²) in [6.45, 7) is 2.01. The maximum atomic E-state index is 12.4. The lowest BCUT2D eigenvalue weighted by atomic mass is 10.2. The molecular weight excluding hydrogens is 338 g/mol. The van der Waals surface area contributed by atoms with Crippen molar-refractivity contribution in [2.45, 2.75) is 12.8 Å². The standard InChI is InChI=1S/C21H21N5O/c27-21(19-12-13-20(25-24-19)26-14-4-5-15-26)23-18-10-8-17(9-11-18)22-16-6-2-1-3-7-16/h1-3,6-13,22H,4-5,14-15H2,(H,23,27). The first-order valence-corrected chi connectivity index (χ1v) is 9.10. The van der Waals surface area contributed by atoms with E-state index in [1.807, 2.05) is 60.7 Å². The number of nitrogens with one attached hydrogen (secondary N) is 2. The fourth-order valence-electron chi connectivity index (χ4n) is 3.08. The average molecular weight is 359 g/mol. The molecule has 1 aliphatic heterocycles. The van der Waals surface area contributed by atoms with Gasteiger partial charge in [0.15, 0.2) is 11.5 Å². The minimum absolute atomic E-state index is 0.265. The van der Waals surface area contributed by atoms with E-state index in [-0.39, 0.29) is 5.91 Å². The summed E-state index contributed by atoms with van der Waals surface area (Å²) in [4.78, 5) is 14.6. The molecule has 2 aromatic carbocycles. The Labute approximate surface area is 158 Å². The molecule has 4 rings (SSSR count). The van der Waals surface area contributed by atoms with Gasteiger partial charge in [-0.25, -0.2) is 0 Å². The van der Waals surface area contributed by atoms with E-state index in [9.17, 15) is 4.79 Å². The van der Waals surface area contributed by atoms with Crippen molar-refractivity contribution >= 4 is 28.8 Å². The van der Waals surface area contributed by atoms with E-state index in [0.717, 1.165) is 30.3 Å². The molecule has 0 aliphatic carbocycles. The van der Waals surface area contributed by atoms with Crippen molar-refractivity contribution in [1.82, 2.24) is 10.2 Å². The molecule has 2 N–H and O–H groups in total. The predicted octanol–water partition coefficient (Wildman–Crippen LogP) is 4.07. The van der Waals surface area contributed by atoms with Crippen molar-refractivity contribution in [3.63, 3.8) is 0 Å². The van der Waals surface area contributed by atoms with Crippen molar-refractivity contribution in [2.24, 2.45) is 0 Å². The minimum Gasteiger partial charge on any atom is -0.356 e. The zero-order valence-corrected chi connectivity index (χ0v) is 14.9. The Morgan fingerprint density at radius 1 is 0.778 bits per heavy atom. The summed E-state index contributed by atoms with van der Waals surface area (Å²) in [5.41, 5.74) is 2.99. The molecule has 0 spiro atoms. The monoisotopic (exact) mass is 359 g/mol. The van der Waals surface area contributed by atoms with Gasteiger partial charge in [-0.15, -0.1) is 10.2 Å². The molecule has 0 atom stereocenters. The van der Waals surface area contributed by atoms with Crippen molar-refractivity contribution in [2.75, 3.05) is 28.6 Å². The first kappa shape index (κ1) is 17.0. The zero-order valence-electron chi connectivity index (χ0n) is 14.9. The van der Waals surface area contributed by atoms with Crippen LogP contribution in [0.5, 0.6) is 0 Å². The number of hydrogen-bond acceptors (Lipinski definition) is 5. The van der Waals surface area contributed by atoms with Crippen LogP contribution in [0.2, 0.25) is 0 Å². The molecular formula is C21H21N5O. The smallest absolute Gasteiger partial charge is 0.276 e. The number of para-hydroxylation sites is 1. The SMILES string of the molecule is O=C(Nc1ccc(Nc2ccccc2)cc1)c1ccc(N2CCCC2)nn1. The van der Waals surface area contributed by atoms with E-state index in [0.29, 0.717) is 11.4 Å². The number of hydrogen-bond donors (Lipinski definition) is 2. The number of amides is 1. The fourth-order valence-corrected chi connectivity index (χ4v) is 3.08. The van der Waals surface area contributed by atoms with Crippen molar-refractivity contribution in [1.29, 1.82) is 0 Å². The van der Waals surface area contributed by atoms with Crippen molar-refractivity contribution in [3.05, 3.63) is 72.4 Å². The topological polar surface area (TPSA) is 70.2 Å². The zero-order chi connectivity index (χ0) is 18.5. The van der Waals surface area contributed by atoms with Gasteiger partial charge in [-0.3, -0.25) is 4.79 Å². The maximum Gasteiger partial charge on any atom is 0.276 e. The average Bonchev–Trinajstić information content (AvgIpc) is 3.25. The van der Waals surface area contributed by atoms with Crippen molar-refractivity contribution < 1.29 is 4.79 Å². The van der Waals surface area contributed by atoms with E-state index in [1.165, 1.54) is 12.8 Å². The number of carbonyl (C=O) groups excluding carboxylic acids is 1. The number of nitrogens with zero attached hydrogens (tertiary/aromatic N) is 3. The van der Waals surface area contributed by atoms with Crippen LogP contribution < -0.4 is 15.5 Å². The molecule has 136 valence electrons. The normalized spacial score (nSPS) is 13.4. The first-order valence-electron chi connectivity index (χ1n) is 9.10. The third-order valence-electron chi connectivity index (χ3n) is 4.52. The lowest BCUT2D eigenvalue weighted by Gasteiger charge is -2.15. The van der Waals surface area contributed by atoms with Gasteiger partial charge in [0.2, 0.25) is 0 Å². The maximum absolute atomic E-state index is 12.4. The molecule has 0 unspecified atom stereocenters. The Hall–Kier alpha value is -3.41. The highest BCUT2D eigenvalue weighted by Gasteiger charge is 2.15. The van der Waals surface area contributed by atoms with Crippen LogP contribution in [0.25, 0.3) is 0 Å². The summed E-state index contributed by atoms with van der Waals surface area (Å²) in [6, 6.07) is 21.1. The van der Waals surface area contributed by atoms with Gasteiger partial charge in [-0.1, -0.05) is 18.2 Å². The highest BCUT2D eigenvalue weighted by molar-refractivity contribution is 6.02. The summed E-state index contributed by atoms with van der Waals surface area (Å²) < 4.78 is 0. The molecule has 6 heteroatoms. The van der Waals surface area contributed by atoms with Crippen LogP contribution >= 0.6 is 0 Å². The van der Waals surface area contributed by atoms with Crippen LogP contribution in [0.1, 0.15) is 23.3 Å². The fraction of sp³-hybridized carbons (Fsp3) is 0.190. The quantitative estimate of drug-likeness (QED) is 0.718. The van der Waals surface area contributed by atoms with Crippen LogP contribution in [-0.2, 0) is 0 Å². The third-order valence-corrected chi connectivity index (χ3v) is 4.52. The number of rotatable bonds is 5. The van der Waals surface area contributed by atoms with Gasteiger partial charge in [0.05, 0.1) is 0 Å². The second-order valence-electron chi connectivity index (χ2n) is 6.49. The highest BCUT2D eigenvalue weighted by atomic mass is 16.1. The van der Waals surface area contributed by atoms with Gasteiger partial charge in [0, 0.05) is 30.2 Å². The summed E-state index contributed by atoms with van der Waals surface area (Å²) in [6.07, 6.45) is 2.36. The summed E-state index contributed by atoms with van der Waals surface area (Å²) in [5, 5.41) is 14.4. The molecule has 2 heterocycles. The van der Waals surface area contributed by atoms with Crippen LogP contribution in [0.15, 0.2) is 66.7 Å². The van der Waals surface area contributed by atoms with Gasteiger partial charge < -0.3 is 15.5 Å². The van der Waals surface area contributed by atoms with Gasteiger partial charge in [0.1, 0.15) is 0 Å². The number of aromatic nitrogens is 2. The summed E-state index contributed by atoms with van der Waals surface area (Å²) >= 11 is 0. The largest absolute Gasteiger partial charge is 0.356 e.